The van der Waals surface area contributed by atoms with Crippen LogP contribution in [0.2, 0.25) is 0 Å². The number of nitrogens with two attached hydrogens (primary N) is 1. The predicted molar refractivity (Wildman–Crippen MR) is 150 cm³/mol. The minimum atomic E-state index is -5.53. The molecule has 3 rings (SSSR count). The summed E-state index contributed by atoms with van der Waals surface area (Å²) >= 11 is 3.65. The number of nitrogen functional groups attached to an aromatic ring is 1. The summed E-state index contributed by atoms with van der Waals surface area (Å²) in [4.78, 5) is 30.1. The number of hydrogen-bond acceptors (Lipinski definition) is 18. The first-order valence-electron chi connectivity index (χ1n) is 12.7. The highest BCUT2D eigenvalue weighted by atomic mass is 32.7. The number of anilines is 2. The predicted octanol–water partition coefficient (Wildman–Crippen LogP) is -2.34. The molecule has 250 valence electrons. The van der Waals surface area contributed by atoms with Crippen molar-refractivity contribution >= 4 is 44.3 Å². The van der Waals surface area contributed by atoms with E-state index in [-0.39, 0.29) is 17.2 Å². The lowest BCUT2D eigenvalue weighted by Gasteiger charge is -2.41. The molecule has 3 heterocycles. The Hall–Kier alpha value is -1.78. The van der Waals surface area contributed by atoms with Crippen LogP contribution in [-0.2, 0) is 36.8 Å². The van der Waals surface area contributed by atoms with Gasteiger partial charge in [0.2, 0.25) is 5.91 Å². The molecular formula is C21H35N5O15P2S. The highest BCUT2D eigenvalue weighted by Crippen LogP contribution is 2.66. The fourth-order valence-electron chi connectivity index (χ4n) is 4.58. The Labute approximate surface area is 255 Å². The number of carbonyl (C=O) groups is 1. The second-order valence-electron chi connectivity index (χ2n) is 9.94. The molecule has 20 nitrogen and oxygen atoms in total. The first kappa shape index (κ1) is 36.7. The van der Waals surface area contributed by atoms with Crippen LogP contribution < -0.4 is 16.4 Å². The van der Waals surface area contributed by atoms with Crippen molar-refractivity contribution in [1.29, 1.82) is 0 Å². The van der Waals surface area contributed by atoms with E-state index < -0.39 is 94.4 Å². The molecule has 1 amide bonds. The molecule has 2 aliphatic rings. The summed E-state index contributed by atoms with van der Waals surface area (Å²) in [6.45, 7) is -0.602. The highest BCUT2D eigenvalue weighted by Gasteiger charge is 2.56. The molecule has 0 bridgehead atoms. The summed E-state index contributed by atoms with van der Waals surface area (Å²) in [5, 5.41) is 65.7. The molecule has 1 aromatic rings. The average molecular weight is 692 g/mol. The van der Waals surface area contributed by atoms with Gasteiger partial charge in [0, 0.05) is 6.92 Å². The van der Waals surface area contributed by atoms with Crippen LogP contribution >= 0.6 is 26.9 Å². The van der Waals surface area contributed by atoms with Gasteiger partial charge in [0.15, 0.2) is 12.1 Å². The second kappa shape index (κ2) is 14.3. The van der Waals surface area contributed by atoms with Crippen molar-refractivity contribution in [2.24, 2.45) is 0 Å². The van der Waals surface area contributed by atoms with Crippen molar-refractivity contribution in [2.45, 2.75) is 74.5 Å². The maximum atomic E-state index is 12.9. The molecule has 2 fully saturated rings. The van der Waals surface area contributed by atoms with Crippen LogP contribution in [0.25, 0.3) is 0 Å². The normalized spacial score (nSPS) is 35.7. The zero-order valence-electron chi connectivity index (χ0n) is 23.2. The number of carbonyl (C=O) groups excluding carboxylic acids is 1. The van der Waals surface area contributed by atoms with E-state index in [2.05, 4.69) is 48.3 Å². The first-order valence-corrected chi connectivity index (χ1v) is 16.9. The van der Waals surface area contributed by atoms with Gasteiger partial charge in [-0.1, -0.05) is 18.8 Å². The van der Waals surface area contributed by atoms with E-state index in [0.717, 1.165) is 13.3 Å². The van der Waals surface area contributed by atoms with Crippen LogP contribution in [0.1, 0.15) is 25.6 Å². The van der Waals surface area contributed by atoms with Gasteiger partial charge in [-0.25, -0.2) is 19.1 Å². The minimum Gasteiger partial charge on any atom is -0.394 e. The van der Waals surface area contributed by atoms with E-state index >= 15 is 0 Å². The minimum absolute atomic E-state index is 0.0247. The second-order valence-corrected chi connectivity index (χ2v) is 14.4. The Morgan fingerprint density at radius 3 is 2.52 bits per heavy atom. The van der Waals surface area contributed by atoms with E-state index in [1.165, 1.54) is 13.1 Å². The third-order valence-corrected chi connectivity index (χ3v) is 10.2. The lowest BCUT2D eigenvalue weighted by atomic mass is 9.88. The number of aliphatic hydroxyl groups excluding tert-OH is 5. The molecule has 8 unspecified atom stereocenters. The Bertz CT molecular complexity index is 1300. The van der Waals surface area contributed by atoms with Crippen molar-refractivity contribution in [2.75, 3.05) is 24.3 Å². The van der Waals surface area contributed by atoms with Gasteiger partial charge in [-0.3, -0.25) is 13.8 Å². The molecular weight excluding hydrogens is 656 g/mol. The fourth-order valence-corrected chi connectivity index (χ4v) is 7.77. The highest BCUT2D eigenvalue weighted by molar-refractivity contribution is 8.45. The maximum Gasteiger partial charge on any atom is 0.482 e. The summed E-state index contributed by atoms with van der Waals surface area (Å²) in [6.07, 6.45) is -12.2. The van der Waals surface area contributed by atoms with Crippen LogP contribution in [0.5, 0.6) is 0 Å². The number of phosphoric acid groups is 1. The number of aliphatic hydroxyl groups is 6. The van der Waals surface area contributed by atoms with E-state index in [0.29, 0.717) is 0 Å². The van der Waals surface area contributed by atoms with E-state index in [9.17, 15) is 44.4 Å². The topological polar surface area (TPSA) is 315 Å². The van der Waals surface area contributed by atoms with Gasteiger partial charge in [-0.2, -0.15) is 4.31 Å². The summed E-state index contributed by atoms with van der Waals surface area (Å²) < 4.78 is 50.8. The van der Waals surface area contributed by atoms with Crippen molar-refractivity contribution in [3.63, 3.8) is 0 Å². The van der Waals surface area contributed by atoms with E-state index in [1.807, 2.05) is 0 Å². The van der Waals surface area contributed by atoms with Gasteiger partial charge in [-0.05, 0) is 13.1 Å². The number of rotatable bonds is 13. The van der Waals surface area contributed by atoms with Crippen molar-refractivity contribution in [3.8, 4) is 0 Å². The van der Waals surface area contributed by atoms with Gasteiger partial charge in [0.1, 0.15) is 66.0 Å². The van der Waals surface area contributed by atoms with E-state index in [1.54, 1.807) is 0 Å². The molecule has 0 aromatic carbocycles. The van der Waals surface area contributed by atoms with Gasteiger partial charge in [0.05, 0.1) is 19.3 Å². The number of nitrogens with one attached hydrogen (secondary N) is 2. The number of hydrogen-bond donors (Lipinski definition) is 11. The Morgan fingerprint density at radius 2 is 1.93 bits per heavy atom. The Kier molecular flexibility index (Phi) is 11.9. The van der Waals surface area contributed by atoms with Crippen LogP contribution in [-0.4, -0.2) is 119 Å². The van der Waals surface area contributed by atoms with Gasteiger partial charge >= 0.3 is 14.6 Å². The third-order valence-electron chi connectivity index (χ3n) is 6.62. The van der Waals surface area contributed by atoms with Gasteiger partial charge < -0.3 is 61.4 Å². The largest absolute Gasteiger partial charge is 0.482 e. The maximum absolute atomic E-state index is 12.9. The number of phosphoric ester groups is 1. The number of ether oxygens (including phenoxy) is 2. The average Bonchev–Trinajstić information content (AvgIpc) is 3.16. The van der Waals surface area contributed by atoms with Crippen LogP contribution in [0.15, 0.2) is 19.1 Å². The quantitative estimate of drug-likeness (QED) is 0.0762. The number of thiol groups is 1. The summed E-state index contributed by atoms with van der Waals surface area (Å²) in [6, 6.07) is -1.25. The molecule has 0 saturated carbocycles. The van der Waals surface area contributed by atoms with Crippen molar-refractivity contribution < 1.29 is 72.3 Å². The molecule has 23 heteroatoms. The van der Waals surface area contributed by atoms with Crippen molar-refractivity contribution in [3.05, 3.63) is 24.8 Å². The summed E-state index contributed by atoms with van der Waals surface area (Å²) in [5.41, 5.74) is 4.19. The fraction of sp³-hybridized carbons (Fsp3) is 0.667. The molecule has 44 heavy (non-hydrogen) atoms. The molecule has 2 aliphatic heterocycles. The van der Waals surface area contributed by atoms with Gasteiger partial charge in [-0.15, -0.1) is 0 Å². The molecule has 0 aliphatic carbocycles. The van der Waals surface area contributed by atoms with Crippen LogP contribution in [0.3, 0.4) is 0 Å². The molecule has 0 radical (unpaired) electrons. The lowest BCUT2D eigenvalue weighted by Crippen LogP contribution is -2.61. The van der Waals surface area contributed by atoms with Gasteiger partial charge in [0.25, 0.3) is 0 Å². The summed E-state index contributed by atoms with van der Waals surface area (Å²) in [7, 11) is -5.53. The smallest absolute Gasteiger partial charge is 0.394 e. The zero-order chi connectivity index (χ0) is 33.2. The Morgan fingerprint density at radius 1 is 1.27 bits per heavy atom. The molecule has 0 spiro atoms. The van der Waals surface area contributed by atoms with E-state index in [4.69, 9.17) is 24.8 Å². The molecule has 2 saturated heterocycles. The monoisotopic (exact) mass is 691 g/mol. The third kappa shape index (κ3) is 8.32. The first-order chi connectivity index (χ1) is 20.3. The zero-order valence-corrected chi connectivity index (χ0v) is 25.9. The number of aromatic nitrogens is 2. The van der Waals surface area contributed by atoms with Crippen LogP contribution in [0, 0.1) is 0 Å². The molecule has 11 N–H and O–H groups in total. The number of nitrogens with zero attached hydrogens (tertiary/aromatic N) is 2. The van der Waals surface area contributed by atoms with Crippen molar-refractivity contribution in [1.82, 2.24) is 15.3 Å². The molecule has 1 aromatic heterocycles. The number of amides is 1. The standard InChI is InChI=1S/C21H35N5O15P2S/c1-4-23-12-11(24-7-25-19(12)22)18-21(3,33)17(26-8(2)28)10(38-18)6-37-43(36,44)41-42(34,35)40-20-15(32)13(30)14(31)16(39-20)9(29)5-27/h4,7,9-10,13-18,20,23,27,29-33H,1,5-6H2,2-3H3,(H,26,28)(H,34,35)(H,36,44)(H2,22,24,25)/t9-,10+,13?,14?,15?,16?,17+,18?,20?,21+,43?/m0/s1. The molecule has 12 atom stereocenters. The lowest BCUT2D eigenvalue weighted by molar-refractivity contribution is -0.292. The van der Waals surface area contributed by atoms with Crippen LogP contribution in [0.4, 0.5) is 11.5 Å². The SMILES string of the molecule is C=CNc1c(N)ncnc1C1O[C@H](COP(=O)(S)OP(=O)(O)OC2OC([C@@H](O)CO)C(O)C(O)C2O)[C@@H](NC(C)=O)[C@@]1(C)O. The summed E-state index contributed by atoms with van der Waals surface area (Å²) in [5.74, 6) is -0.624. The Balaban J connectivity index is 1.77.